The van der Waals surface area contributed by atoms with Crippen molar-refractivity contribution < 1.29 is 22.4 Å². The maximum absolute atomic E-state index is 12.9. The van der Waals surface area contributed by atoms with Crippen LogP contribution in [0.15, 0.2) is 16.6 Å². The first-order chi connectivity index (χ1) is 6.45. The minimum absolute atomic E-state index is 0.221. The fourth-order valence-electron chi connectivity index (χ4n) is 0.834. The molecule has 76 valence electrons. The van der Waals surface area contributed by atoms with E-state index in [0.29, 0.717) is 0 Å². The summed E-state index contributed by atoms with van der Waals surface area (Å²) in [5.41, 5.74) is -0.944. The zero-order valence-electron chi connectivity index (χ0n) is 6.53. The highest BCUT2D eigenvalue weighted by Crippen LogP contribution is 2.22. The quantitative estimate of drug-likeness (QED) is 0.458. The minimum atomic E-state index is -3.34. The number of halogens is 5. The zero-order valence-corrected chi connectivity index (χ0v) is 8.12. The van der Waals surface area contributed by atoms with Crippen LogP contribution in [0, 0.1) is 11.6 Å². The average molecular weight is 271 g/mol. The van der Waals surface area contributed by atoms with Crippen LogP contribution in [-0.2, 0) is 0 Å². The topological polar surface area (TPSA) is 17.1 Å². The summed E-state index contributed by atoms with van der Waals surface area (Å²) in [6.07, 6.45) is -3.34. The van der Waals surface area contributed by atoms with Crippen molar-refractivity contribution in [3.05, 3.63) is 33.8 Å². The van der Waals surface area contributed by atoms with Crippen LogP contribution in [-0.4, -0.2) is 12.2 Å². The molecular weight excluding hydrogens is 268 g/mol. The van der Waals surface area contributed by atoms with Crippen molar-refractivity contribution >= 4 is 21.7 Å². The van der Waals surface area contributed by atoms with Crippen molar-refractivity contribution in [3.63, 3.8) is 0 Å². The van der Waals surface area contributed by atoms with Gasteiger partial charge in [-0.1, -0.05) is 0 Å². The van der Waals surface area contributed by atoms with Crippen LogP contribution in [0.3, 0.4) is 0 Å². The Hall–Kier alpha value is -0.910. The number of alkyl halides is 2. The number of hydrogen-bond acceptors (Lipinski definition) is 1. The van der Waals surface area contributed by atoms with E-state index in [1.807, 2.05) is 0 Å². The van der Waals surface area contributed by atoms with E-state index in [1.54, 1.807) is 0 Å². The van der Waals surface area contributed by atoms with Gasteiger partial charge in [-0.05, 0) is 28.1 Å². The Kier molecular flexibility index (Phi) is 3.25. The van der Waals surface area contributed by atoms with Crippen molar-refractivity contribution in [2.75, 3.05) is 0 Å². The summed E-state index contributed by atoms with van der Waals surface area (Å²) in [5, 5.41) is 0. The standard InChI is InChI=1S/C8H3BrF4O/c9-4-2-1-3(5(10)6(4)11)7(14)8(12)13/h1-2,8H. The Bertz CT molecular complexity index is 378. The Morgan fingerprint density at radius 2 is 1.79 bits per heavy atom. The molecule has 0 aliphatic heterocycles. The zero-order chi connectivity index (χ0) is 10.9. The van der Waals surface area contributed by atoms with Gasteiger partial charge in [-0.2, -0.15) is 0 Å². The molecule has 6 heteroatoms. The second-order valence-corrected chi connectivity index (χ2v) is 3.24. The predicted molar refractivity (Wildman–Crippen MR) is 44.4 cm³/mol. The summed E-state index contributed by atoms with van der Waals surface area (Å²) in [4.78, 5) is 10.7. The Balaban J connectivity index is 3.24. The van der Waals surface area contributed by atoms with Crippen LogP contribution < -0.4 is 0 Å². The summed E-state index contributed by atoms with van der Waals surface area (Å²) in [6.45, 7) is 0. The maximum Gasteiger partial charge on any atom is 0.300 e. The molecule has 0 aliphatic carbocycles. The SMILES string of the molecule is O=C(c1ccc(Br)c(F)c1F)C(F)F. The molecule has 0 radical (unpaired) electrons. The normalized spacial score (nSPS) is 10.7. The number of ketones is 1. The molecule has 0 N–H and O–H groups in total. The molecule has 1 aromatic carbocycles. The first-order valence-corrected chi connectivity index (χ1v) is 4.20. The largest absolute Gasteiger partial charge is 0.300 e. The van der Waals surface area contributed by atoms with Gasteiger partial charge in [0, 0.05) is 0 Å². The first kappa shape index (κ1) is 11.2. The molecule has 0 atom stereocenters. The van der Waals surface area contributed by atoms with E-state index in [1.165, 1.54) is 0 Å². The van der Waals surface area contributed by atoms with Gasteiger partial charge in [0.25, 0.3) is 0 Å². The Morgan fingerprint density at radius 1 is 1.21 bits per heavy atom. The average Bonchev–Trinajstić information content (AvgIpc) is 2.13. The van der Waals surface area contributed by atoms with E-state index in [0.717, 1.165) is 12.1 Å². The summed E-state index contributed by atoms with van der Waals surface area (Å²) in [7, 11) is 0. The molecule has 1 rings (SSSR count). The van der Waals surface area contributed by atoms with Gasteiger partial charge in [0.15, 0.2) is 11.6 Å². The molecule has 0 saturated carbocycles. The lowest BCUT2D eigenvalue weighted by Gasteiger charge is -2.03. The molecule has 0 spiro atoms. The third-order valence-electron chi connectivity index (χ3n) is 1.50. The van der Waals surface area contributed by atoms with Gasteiger partial charge < -0.3 is 0 Å². The van der Waals surface area contributed by atoms with Crippen molar-refractivity contribution in [3.8, 4) is 0 Å². The van der Waals surface area contributed by atoms with E-state index < -0.39 is 29.4 Å². The molecule has 0 bridgehead atoms. The van der Waals surface area contributed by atoms with Crippen molar-refractivity contribution in [1.82, 2.24) is 0 Å². The minimum Gasteiger partial charge on any atom is -0.288 e. The highest BCUT2D eigenvalue weighted by Gasteiger charge is 2.24. The number of Topliss-reactive ketones (excluding diaryl/α,β-unsaturated/α-hetero) is 1. The molecule has 0 saturated heterocycles. The van der Waals surface area contributed by atoms with Gasteiger partial charge in [0.1, 0.15) is 0 Å². The highest BCUT2D eigenvalue weighted by atomic mass is 79.9. The fourth-order valence-corrected chi connectivity index (χ4v) is 1.14. The van der Waals surface area contributed by atoms with E-state index >= 15 is 0 Å². The lowest BCUT2D eigenvalue weighted by molar-refractivity contribution is 0.0673. The molecule has 0 aliphatic rings. The van der Waals surface area contributed by atoms with Gasteiger partial charge >= 0.3 is 6.43 Å². The highest BCUT2D eigenvalue weighted by molar-refractivity contribution is 9.10. The van der Waals surface area contributed by atoms with Crippen molar-refractivity contribution in [2.45, 2.75) is 6.43 Å². The number of benzene rings is 1. The molecular formula is C8H3BrF4O. The summed E-state index contributed by atoms with van der Waals surface area (Å²) < 4.78 is 49.2. The molecule has 0 aromatic heterocycles. The second-order valence-electron chi connectivity index (χ2n) is 2.39. The molecule has 0 unspecified atom stereocenters. The molecule has 1 aromatic rings. The summed E-state index contributed by atoms with van der Waals surface area (Å²) in [5.74, 6) is -4.64. The van der Waals surface area contributed by atoms with Crippen molar-refractivity contribution in [2.24, 2.45) is 0 Å². The van der Waals surface area contributed by atoms with Crippen LogP contribution in [0.25, 0.3) is 0 Å². The molecule has 0 heterocycles. The fraction of sp³-hybridized carbons (Fsp3) is 0.125. The summed E-state index contributed by atoms with van der Waals surface area (Å²) >= 11 is 2.65. The van der Waals surface area contributed by atoms with E-state index in [2.05, 4.69) is 15.9 Å². The monoisotopic (exact) mass is 270 g/mol. The Morgan fingerprint density at radius 3 is 2.29 bits per heavy atom. The predicted octanol–water partition coefficient (Wildman–Crippen LogP) is 3.18. The smallest absolute Gasteiger partial charge is 0.288 e. The van der Waals surface area contributed by atoms with E-state index in [-0.39, 0.29) is 4.47 Å². The van der Waals surface area contributed by atoms with E-state index in [4.69, 9.17) is 0 Å². The second kappa shape index (κ2) is 4.08. The first-order valence-electron chi connectivity index (χ1n) is 3.41. The summed E-state index contributed by atoms with van der Waals surface area (Å²) in [6, 6.07) is 1.80. The van der Waals surface area contributed by atoms with Gasteiger partial charge in [-0.15, -0.1) is 0 Å². The lowest BCUT2D eigenvalue weighted by atomic mass is 10.1. The van der Waals surface area contributed by atoms with Gasteiger partial charge in [0.2, 0.25) is 5.78 Å². The molecule has 0 fully saturated rings. The number of carbonyl (C=O) groups excluding carboxylic acids is 1. The van der Waals surface area contributed by atoms with Crippen LogP contribution >= 0.6 is 15.9 Å². The Labute approximate surface area is 84.9 Å². The number of carbonyl (C=O) groups is 1. The van der Waals surface area contributed by atoms with Gasteiger partial charge in [0.05, 0.1) is 10.0 Å². The van der Waals surface area contributed by atoms with Crippen LogP contribution in [0.4, 0.5) is 17.6 Å². The van der Waals surface area contributed by atoms with Crippen molar-refractivity contribution in [1.29, 1.82) is 0 Å². The van der Waals surface area contributed by atoms with Crippen LogP contribution in [0.5, 0.6) is 0 Å². The molecule has 1 nitrogen and oxygen atoms in total. The number of hydrogen-bond donors (Lipinski definition) is 0. The van der Waals surface area contributed by atoms with Gasteiger partial charge in [-0.3, -0.25) is 4.79 Å². The molecule has 0 amide bonds. The van der Waals surface area contributed by atoms with Crippen LogP contribution in [0.1, 0.15) is 10.4 Å². The maximum atomic E-state index is 12.9. The third-order valence-corrected chi connectivity index (χ3v) is 2.11. The van der Waals surface area contributed by atoms with Crippen LogP contribution in [0.2, 0.25) is 0 Å². The lowest BCUT2D eigenvalue weighted by Crippen LogP contribution is -2.13. The third kappa shape index (κ3) is 1.95. The number of rotatable bonds is 2. The molecule has 14 heavy (non-hydrogen) atoms. The van der Waals surface area contributed by atoms with E-state index in [9.17, 15) is 22.4 Å². The van der Waals surface area contributed by atoms with Gasteiger partial charge in [-0.25, -0.2) is 17.6 Å².